The van der Waals surface area contributed by atoms with Crippen molar-refractivity contribution in [2.24, 2.45) is 0 Å². The highest BCUT2D eigenvalue weighted by molar-refractivity contribution is 5.98. The monoisotopic (exact) mass is 352 g/mol. The average molecular weight is 352 g/mol. The first-order chi connectivity index (χ1) is 12.6. The molecule has 134 valence electrons. The Morgan fingerprint density at radius 3 is 2.77 bits per heavy atom. The number of H-pyrrole nitrogens is 1. The van der Waals surface area contributed by atoms with E-state index < -0.39 is 5.97 Å². The van der Waals surface area contributed by atoms with Crippen LogP contribution in [-0.2, 0) is 11.2 Å². The molecule has 0 saturated heterocycles. The second-order valence-corrected chi connectivity index (χ2v) is 5.95. The van der Waals surface area contributed by atoms with Crippen LogP contribution in [0.3, 0.4) is 0 Å². The van der Waals surface area contributed by atoms with E-state index in [1.165, 1.54) is 12.1 Å². The number of carbonyl (C=O) groups excluding carboxylic acids is 1. The number of benzene rings is 2. The van der Waals surface area contributed by atoms with Crippen LogP contribution in [0.1, 0.15) is 29.3 Å². The summed E-state index contributed by atoms with van der Waals surface area (Å²) in [6, 6.07) is 12.2. The molecule has 3 rings (SSSR count). The van der Waals surface area contributed by atoms with Crippen LogP contribution in [0.4, 0.5) is 5.69 Å². The number of aromatic amines is 1. The highest BCUT2D eigenvalue weighted by atomic mass is 16.5. The maximum atomic E-state index is 12.5. The molecule has 0 fully saturated rings. The summed E-state index contributed by atoms with van der Waals surface area (Å²) in [5, 5.41) is 12.9. The fourth-order valence-corrected chi connectivity index (χ4v) is 2.74. The Hall–Kier alpha value is -3.28. The number of carboxylic acid groups (broad SMARTS) is 1. The Kier molecular flexibility index (Phi) is 5.22. The fraction of sp³-hybridized carbons (Fsp3) is 0.200. The number of hydrogen-bond donors (Lipinski definition) is 3. The average Bonchev–Trinajstić information content (AvgIpc) is 3.03. The molecule has 6 heteroatoms. The molecule has 0 aliphatic heterocycles. The molecule has 0 saturated carbocycles. The van der Waals surface area contributed by atoms with Crippen LogP contribution in [0, 0.1) is 0 Å². The Labute approximate surface area is 150 Å². The summed E-state index contributed by atoms with van der Waals surface area (Å²) in [6.45, 7) is 2.46. The molecule has 2 aromatic carbocycles. The van der Waals surface area contributed by atoms with Gasteiger partial charge in [0, 0.05) is 17.1 Å². The van der Waals surface area contributed by atoms with Gasteiger partial charge in [0.1, 0.15) is 5.75 Å². The van der Waals surface area contributed by atoms with Crippen LogP contribution in [0.15, 0.2) is 48.7 Å². The van der Waals surface area contributed by atoms with E-state index in [-0.39, 0.29) is 17.9 Å². The lowest BCUT2D eigenvalue weighted by Gasteiger charge is -2.13. The smallest absolute Gasteiger partial charge is 0.335 e. The SMILES string of the molecule is CCCOc1ccc(C(=O)O)cc1NC(=O)Cc1c[nH]c2ccccc12. The lowest BCUT2D eigenvalue weighted by atomic mass is 10.1. The van der Waals surface area contributed by atoms with Crippen LogP contribution in [0.5, 0.6) is 5.75 Å². The topological polar surface area (TPSA) is 91.4 Å². The molecule has 0 radical (unpaired) electrons. The van der Waals surface area contributed by atoms with E-state index in [0.717, 1.165) is 22.9 Å². The predicted molar refractivity (Wildman–Crippen MR) is 99.8 cm³/mol. The molecule has 0 aliphatic carbocycles. The maximum absolute atomic E-state index is 12.5. The molecular formula is C20H20N2O4. The fourth-order valence-electron chi connectivity index (χ4n) is 2.74. The third kappa shape index (κ3) is 3.85. The molecule has 0 bridgehead atoms. The Bertz CT molecular complexity index is 946. The third-order valence-electron chi connectivity index (χ3n) is 3.99. The largest absolute Gasteiger partial charge is 0.491 e. The summed E-state index contributed by atoms with van der Waals surface area (Å²) in [7, 11) is 0. The lowest BCUT2D eigenvalue weighted by molar-refractivity contribution is -0.115. The Morgan fingerprint density at radius 2 is 2.00 bits per heavy atom. The van der Waals surface area contributed by atoms with Gasteiger partial charge in [-0.05, 0) is 36.2 Å². The zero-order valence-corrected chi connectivity index (χ0v) is 14.4. The van der Waals surface area contributed by atoms with E-state index in [4.69, 9.17) is 4.74 Å². The first-order valence-corrected chi connectivity index (χ1v) is 8.43. The van der Waals surface area contributed by atoms with Crippen molar-refractivity contribution < 1.29 is 19.4 Å². The van der Waals surface area contributed by atoms with E-state index in [1.54, 1.807) is 6.07 Å². The molecule has 6 nitrogen and oxygen atoms in total. The Balaban J connectivity index is 1.81. The minimum Gasteiger partial charge on any atom is -0.491 e. The Morgan fingerprint density at radius 1 is 1.19 bits per heavy atom. The standard InChI is InChI=1S/C20H20N2O4/c1-2-9-26-18-8-7-13(20(24)25)10-17(18)22-19(23)11-14-12-21-16-6-4-3-5-15(14)16/h3-8,10,12,21H,2,9,11H2,1H3,(H,22,23)(H,24,25). The number of carbonyl (C=O) groups is 2. The van der Waals surface area contributed by atoms with Crippen molar-refractivity contribution in [3.8, 4) is 5.75 Å². The molecule has 26 heavy (non-hydrogen) atoms. The minimum atomic E-state index is -1.06. The molecular weight excluding hydrogens is 332 g/mol. The van der Waals surface area contributed by atoms with Gasteiger partial charge in [0.05, 0.1) is 24.3 Å². The number of para-hydroxylation sites is 1. The number of carboxylic acids is 1. The second kappa shape index (κ2) is 7.74. The summed E-state index contributed by atoms with van der Waals surface area (Å²) in [6.07, 6.45) is 2.80. The maximum Gasteiger partial charge on any atom is 0.335 e. The van der Waals surface area contributed by atoms with Crippen LogP contribution in [-0.4, -0.2) is 28.6 Å². The zero-order chi connectivity index (χ0) is 18.5. The van der Waals surface area contributed by atoms with Crippen molar-refractivity contribution >= 4 is 28.5 Å². The summed E-state index contributed by atoms with van der Waals surface area (Å²) in [4.78, 5) is 26.9. The zero-order valence-electron chi connectivity index (χ0n) is 14.4. The molecule has 1 heterocycles. The molecule has 0 atom stereocenters. The normalized spacial score (nSPS) is 10.7. The number of aromatic carboxylic acids is 1. The molecule has 3 aromatic rings. The van der Waals surface area contributed by atoms with Crippen LogP contribution in [0.2, 0.25) is 0 Å². The van der Waals surface area contributed by atoms with Crippen molar-refractivity contribution in [3.63, 3.8) is 0 Å². The van der Waals surface area contributed by atoms with Crippen molar-refractivity contribution in [3.05, 3.63) is 59.8 Å². The summed E-state index contributed by atoms with van der Waals surface area (Å²) < 4.78 is 5.61. The lowest BCUT2D eigenvalue weighted by Crippen LogP contribution is -2.16. The number of rotatable bonds is 7. The molecule has 1 aromatic heterocycles. The van der Waals surface area contributed by atoms with Gasteiger partial charge in [-0.2, -0.15) is 0 Å². The van der Waals surface area contributed by atoms with Gasteiger partial charge in [0.25, 0.3) is 0 Å². The van der Waals surface area contributed by atoms with Crippen molar-refractivity contribution in [2.45, 2.75) is 19.8 Å². The van der Waals surface area contributed by atoms with Gasteiger partial charge in [-0.1, -0.05) is 25.1 Å². The quantitative estimate of drug-likeness (QED) is 0.602. The number of anilines is 1. The van der Waals surface area contributed by atoms with Gasteiger partial charge < -0.3 is 20.1 Å². The van der Waals surface area contributed by atoms with Crippen molar-refractivity contribution in [1.82, 2.24) is 4.98 Å². The number of amides is 1. The van der Waals surface area contributed by atoms with Gasteiger partial charge in [-0.25, -0.2) is 4.79 Å². The summed E-state index contributed by atoms with van der Waals surface area (Å²) in [5.41, 5.74) is 2.30. The van der Waals surface area contributed by atoms with E-state index in [1.807, 2.05) is 37.4 Å². The highest BCUT2D eigenvalue weighted by Gasteiger charge is 2.14. The van der Waals surface area contributed by atoms with Crippen LogP contribution in [0.25, 0.3) is 10.9 Å². The van der Waals surface area contributed by atoms with Crippen LogP contribution < -0.4 is 10.1 Å². The van der Waals surface area contributed by atoms with E-state index in [2.05, 4.69) is 10.3 Å². The van der Waals surface area contributed by atoms with Gasteiger partial charge in [-0.3, -0.25) is 4.79 Å². The van der Waals surface area contributed by atoms with E-state index in [0.29, 0.717) is 18.0 Å². The molecule has 0 spiro atoms. The van der Waals surface area contributed by atoms with Gasteiger partial charge in [0.2, 0.25) is 5.91 Å². The highest BCUT2D eigenvalue weighted by Crippen LogP contribution is 2.27. The molecule has 0 unspecified atom stereocenters. The summed E-state index contributed by atoms with van der Waals surface area (Å²) in [5.74, 6) is -0.832. The second-order valence-electron chi connectivity index (χ2n) is 5.95. The van der Waals surface area contributed by atoms with Crippen LogP contribution >= 0.6 is 0 Å². The van der Waals surface area contributed by atoms with E-state index in [9.17, 15) is 14.7 Å². The van der Waals surface area contributed by atoms with Gasteiger partial charge in [-0.15, -0.1) is 0 Å². The first-order valence-electron chi connectivity index (χ1n) is 8.43. The number of hydrogen-bond acceptors (Lipinski definition) is 3. The summed E-state index contributed by atoms with van der Waals surface area (Å²) >= 11 is 0. The molecule has 1 amide bonds. The molecule has 0 aliphatic rings. The minimum absolute atomic E-state index is 0.0937. The third-order valence-corrected chi connectivity index (χ3v) is 3.99. The van der Waals surface area contributed by atoms with Gasteiger partial charge in [0.15, 0.2) is 0 Å². The number of aromatic nitrogens is 1. The van der Waals surface area contributed by atoms with E-state index >= 15 is 0 Å². The van der Waals surface area contributed by atoms with Crippen molar-refractivity contribution in [2.75, 3.05) is 11.9 Å². The first kappa shape index (κ1) is 17.5. The number of fused-ring (bicyclic) bond motifs is 1. The predicted octanol–water partition coefficient (Wildman–Crippen LogP) is 3.84. The number of nitrogens with one attached hydrogen (secondary N) is 2. The van der Waals surface area contributed by atoms with Gasteiger partial charge >= 0.3 is 5.97 Å². The number of ether oxygens (including phenoxy) is 1. The van der Waals surface area contributed by atoms with Crippen molar-refractivity contribution in [1.29, 1.82) is 0 Å². The molecule has 3 N–H and O–H groups in total.